The van der Waals surface area contributed by atoms with E-state index in [4.69, 9.17) is 0 Å². The maximum atomic E-state index is 14.3. The predicted octanol–water partition coefficient (Wildman–Crippen LogP) is 3.08. The molecular formula is C30H34F4N6O6. The van der Waals surface area contributed by atoms with Gasteiger partial charge in [0.15, 0.2) is 11.5 Å². The van der Waals surface area contributed by atoms with E-state index in [1.807, 2.05) is 0 Å². The Kier molecular flexibility index (Phi) is 9.70. The van der Waals surface area contributed by atoms with Crippen molar-refractivity contribution in [1.82, 2.24) is 25.0 Å². The van der Waals surface area contributed by atoms with E-state index in [0.29, 0.717) is 24.4 Å². The Morgan fingerprint density at radius 1 is 1.04 bits per heavy atom. The number of carbonyl (C=O) groups excluding carboxylic acids is 4. The molecule has 5 amide bonds. The van der Waals surface area contributed by atoms with Gasteiger partial charge in [-0.3, -0.25) is 24.2 Å². The van der Waals surface area contributed by atoms with Crippen LogP contribution in [0.25, 0.3) is 0 Å². The lowest BCUT2D eigenvalue weighted by atomic mass is 9.84. The molecule has 0 bridgehead atoms. The summed E-state index contributed by atoms with van der Waals surface area (Å²) in [4.78, 5) is 74.2. The number of rotatable bonds is 9. The number of piperidine rings is 1. The molecule has 16 heteroatoms. The van der Waals surface area contributed by atoms with Crippen LogP contribution in [0.1, 0.15) is 53.2 Å². The van der Waals surface area contributed by atoms with Gasteiger partial charge in [0, 0.05) is 31.9 Å². The second-order valence-corrected chi connectivity index (χ2v) is 11.8. The molecule has 2 N–H and O–H groups in total. The third-order valence-electron chi connectivity index (χ3n) is 8.11. The summed E-state index contributed by atoms with van der Waals surface area (Å²) in [5.41, 5.74) is -3.67. The van der Waals surface area contributed by atoms with Gasteiger partial charge in [0.25, 0.3) is 11.8 Å². The number of benzene rings is 1. The van der Waals surface area contributed by atoms with E-state index in [9.17, 15) is 46.6 Å². The van der Waals surface area contributed by atoms with Crippen molar-refractivity contribution < 1.29 is 46.6 Å². The lowest BCUT2D eigenvalue weighted by Gasteiger charge is -2.43. The number of urea groups is 1. The topological polar surface area (TPSA) is 143 Å². The Labute approximate surface area is 261 Å². The van der Waals surface area contributed by atoms with Crippen molar-refractivity contribution >= 4 is 35.4 Å². The number of anilines is 1. The highest BCUT2D eigenvalue weighted by molar-refractivity contribution is 6.17. The Morgan fingerprint density at radius 2 is 1.65 bits per heavy atom. The Morgan fingerprint density at radius 3 is 2.17 bits per heavy atom. The fourth-order valence-electron chi connectivity index (χ4n) is 5.56. The van der Waals surface area contributed by atoms with E-state index in [2.05, 4.69) is 10.3 Å². The first kappa shape index (κ1) is 34.3. The summed E-state index contributed by atoms with van der Waals surface area (Å²) in [6.07, 6.45) is -4.91. The molecule has 3 heterocycles. The molecule has 1 aromatic heterocycles. The average Bonchev–Trinajstić information content (AvgIpc) is 3.18. The number of imide groups is 1. The number of pyridine rings is 1. The van der Waals surface area contributed by atoms with Gasteiger partial charge in [0.05, 0.1) is 5.56 Å². The molecule has 1 spiro atoms. The quantitative estimate of drug-likeness (QED) is 0.312. The molecule has 0 saturated carbocycles. The minimum atomic E-state index is -4.92. The maximum Gasteiger partial charge on any atom is 0.433 e. The minimum Gasteiger partial charge on any atom is -0.478 e. The number of carboxylic acid groups (broad SMARTS) is 1. The van der Waals surface area contributed by atoms with Gasteiger partial charge in [0.1, 0.15) is 17.3 Å². The second kappa shape index (κ2) is 13.0. The minimum absolute atomic E-state index is 0.00499. The summed E-state index contributed by atoms with van der Waals surface area (Å²) in [7, 11) is 3.57. The van der Waals surface area contributed by atoms with Gasteiger partial charge in [-0.05, 0) is 69.3 Å². The molecule has 1 aromatic carbocycles. The number of aromatic carboxylic acids is 1. The summed E-state index contributed by atoms with van der Waals surface area (Å²) in [6, 6.07) is 4.55. The first-order chi connectivity index (χ1) is 21.5. The van der Waals surface area contributed by atoms with Crippen LogP contribution < -0.4 is 10.2 Å². The van der Waals surface area contributed by atoms with Crippen molar-refractivity contribution in [3.05, 3.63) is 59.2 Å². The normalized spacial score (nSPS) is 17.3. The van der Waals surface area contributed by atoms with Crippen LogP contribution in [0, 0.1) is 11.7 Å². The van der Waals surface area contributed by atoms with E-state index in [1.165, 1.54) is 34.1 Å². The number of likely N-dealkylation sites (tertiary alicyclic amines) is 1. The van der Waals surface area contributed by atoms with Gasteiger partial charge >= 0.3 is 18.2 Å². The number of halogens is 4. The smallest absolute Gasteiger partial charge is 0.433 e. The number of amides is 5. The Hall–Kier alpha value is -4.60. The van der Waals surface area contributed by atoms with Crippen molar-refractivity contribution in [2.45, 2.75) is 44.4 Å². The Bertz CT molecular complexity index is 1520. The number of hydrogen-bond donors (Lipinski definition) is 2. The molecule has 0 unspecified atom stereocenters. The molecule has 2 fully saturated rings. The van der Waals surface area contributed by atoms with Crippen LogP contribution >= 0.6 is 0 Å². The van der Waals surface area contributed by atoms with E-state index in [1.54, 1.807) is 32.8 Å². The molecule has 2 aromatic rings. The highest BCUT2D eigenvalue weighted by atomic mass is 19.4. The zero-order valence-electron chi connectivity index (χ0n) is 25.6. The van der Waals surface area contributed by atoms with Crippen molar-refractivity contribution in [3.63, 3.8) is 0 Å². The monoisotopic (exact) mass is 650 g/mol. The predicted molar refractivity (Wildman–Crippen MR) is 155 cm³/mol. The number of carbonyl (C=O) groups is 5. The average molecular weight is 651 g/mol. The van der Waals surface area contributed by atoms with Crippen LogP contribution in [0.4, 0.5) is 28.0 Å². The van der Waals surface area contributed by atoms with Crippen LogP contribution in [0.2, 0.25) is 0 Å². The zero-order valence-corrected chi connectivity index (χ0v) is 25.6. The summed E-state index contributed by atoms with van der Waals surface area (Å²) in [6.45, 7) is 3.61. The van der Waals surface area contributed by atoms with Crippen LogP contribution in [0.3, 0.4) is 0 Å². The van der Waals surface area contributed by atoms with Crippen LogP contribution in [-0.4, -0.2) is 106 Å². The molecule has 2 aliphatic rings. The zero-order chi connectivity index (χ0) is 34.1. The largest absolute Gasteiger partial charge is 0.478 e. The van der Waals surface area contributed by atoms with Gasteiger partial charge in [-0.25, -0.2) is 19.0 Å². The molecule has 2 saturated heterocycles. The third-order valence-corrected chi connectivity index (χ3v) is 8.11. The summed E-state index contributed by atoms with van der Waals surface area (Å²) < 4.78 is 53.7. The number of nitrogens with zero attached hydrogens (tertiary/aromatic N) is 5. The highest BCUT2D eigenvalue weighted by Crippen LogP contribution is 2.41. The molecular weight excluding hydrogens is 616 g/mol. The number of nitrogens with one attached hydrogen (secondary N) is 1. The highest BCUT2D eigenvalue weighted by Gasteiger charge is 2.59. The molecule has 0 radical (unpaired) electrons. The fourth-order valence-corrected chi connectivity index (χ4v) is 5.56. The number of alkyl halides is 3. The first-order valence-electron chi connectivity index (χ1n) is 14.5. The van der Waals surface area contributed by atoms with Crippen molar-refractivity contribution in [1.29, 1.82) is 0 Å². The molecule has 1 atom stereocenters. The van der Waals surface area contributed by atoms with Crippen molar-refractivity contribution in [2.75, 3.05) is 45.2 Å². The van der Waals surface area contributed by atoms with E-state index >= 15 is 0 Å². The van der Waals surface area contributed by atoms with E-state index in [-0.39, 0.29) is 38.0 Å². The number of aromatic nitrogens is 1. The van der Waals surface area contributed by atoms with Crippen LogP contribution in [0.15, 0.2) is 36.4 Å². The third kappa shape index (κ3) is 6.66. The van der Waals surface area contributed by atoms with Crippen LogP contribution in [0.5, 0.6) is 0 Å². The van der Waals surface area contributed by atoms with Gasteiger partial charge in [-0.2, -0.15) is 13.2 Å². The van der Waals surface area contributed by atoms with E-state index in [0.717, 1.165) is 4.90 Å². The molecule has 248 valence electrons. The van der Waals surface area contributed by atoms with Crippen molar-refractivity contribution in [2.24, 2.45) is 5.92 Å². The molecule has 46 heavy (non-hydrogen) atoms. The van der Waals surface area contributed by atoms with Gasteiger partial charge in [-0.1, -0.05) is 13.8 Å². The SMILES string of the molecule is CC(C)[C@@H](NC(=O)c1nc(C(F)(F)F)ccc1F)C(=O)N1CCC2(CC1)C(=O)N(CCN(C)C)C(=O)N2c1ccc(C(=O)O)cc1. The van der Waals surface area contributed by atoms with Gasteiger partial charge < -0.3 is 20.2 Å². The number of carboxylic acids is 1. The standard InChI is InChI=1S/C30H34F4N6O6/c1-17(2)22(36-24(41)23-20(31)9-10-21(35-23)30(32,33)34)25(42)38-13-11-29(12-14-38)27(45)39(16-15-37(3)4)28(46)40(29)19-7-5-18(6-8-19)26(43)44/h5-10,17,22H,11-16H2,1-4H3,(H,36,41)(H,43,44)/t22-/m1/s1. The Balaban J connectivity index is 1.57. The van der Waals surface area contributed by atoms with Gasteiger partial charge in [-0.15, -0.1) is 0 Å². The molecule has 12 nitrogen and oxygen atoms in total. The maximum absolute atomic E-state index is 14.3. The summed E-state index contributed by atoms with van der Waals surface area (Å²) >= 11 is 0. The second-order valence-electron chi connectivity index (χ2n) is 11.8. The van der Waals surface area contributed by atoms with E-state index < -0.39 is 70.6 Å². The molecule has 2 aliphatic heterocycles. The lowest BCUT2D eigenvalue weighted by molar-refractivity contribution is -0.141. The van der Waals surface area contributed by atoms with Gasteiger partial charge in [0.2, 0.25) is 5.91 Å². The van der Waals surface area contributed by atoms with Crippen LogP contribution in [-0.2, 0) is 15.8 Å². The summed E-state index contributed by atoms with van der Waals surface area (Å²) in [5, 5.41) is 11.6. The number of hydrogen-bond acceptors (Lipinski definition) is 7. The van der Waals surface area contributed by atoms with Crippen molar-refractivity contribution in [3.8, 4) is 0 Å². The number of likely N-dealkylation sites (N-methyl/N-ethyl adjacent to an activating group) is 1. The lowest BCUT2D eigenvalue weighted by Crippen LogP contribution is -2.60. The summed E-state index contributed by atoms with van der Waals surface area (Å²) in [5.74, 6) is -5.39. The molecule has 4 rings (SSSR count). The first-order valence-corrected chi connectivity index (χ1v) is 14.5. The fraction of sp³-hybridized carbons (Fsp3) is 0.467. The molecule has 0 aliphatic carbocycles.